The Morgan fingerprint density at radius 3 is 2.18 bits per heavy atom. The molecule has 0 radical (unpaired) electrons. The lowest BCUT2D eigenvalue weighted by Gasteiger charge is -2.26. The fraction of sp³-hybridized carbons (Fsp3) is 0.833. The maximum absolute atomic E-state index is 10.6. The summed E-state index contributed by atoms with van der Waals surface area (Å²) in [5.41, 5.74) is 2.16. The summed E-state index contributed by atoms with van der Waals surface area (Å²) in [5, 5.41) is 8.71. The quantitative estimate of drug-likeness (QED) is 0.441. The SMILES string of the molecule is CC(C)(C)[C@H](NO[SiH3])C(=O)O. The molecular weight excluding hydrogens is 162 g/mol. The Morgan fingerprint density at radius 2 is 2.09 bits per heavy atom. The summed E-state index contributed by atoms with van der Waals surface area (Å²) >= 11 is 0. The van der Waals surface area contributed by atoms with Crippen molar-refractivity contribution in [2.45, 2.75) is 26.8 Å². The van der Waals surface area contributed by atoms with Gasteiger partial charge < -0.3 is 9.63 Å². The van der Waals surface area contributed by atoms with E-state index in [0.717, 1.165) is 0 Å². The number of nitrogens with one attached hydrogen (secondary N) is 1. The van der Waals surface area contributed by atoms with Crippen LogP contribution in [0, 0.1) is 5.41 Å². The van der Waals surface area contributed by atoms with Crippen molar-refractivity contribution in [3.63, 3.8) is 0 Å². The van der Waals surface area contributed by atoms with Crippen LogP contribution in [0.4, 0.5) is 0 Å². The highest BCUT2D eigenvalue weighted by Gasteiger charge is 2.30. The molecule has 0 aliphatic heterocycles. The van der Waals surface area contributed by atoms with Crippen molar-refractivity contribution < 1.29 is 14.4 Å². The van der Waals surface area contributed by atoms with Crippen molar-refractivity contribution >= 4 is 16.5 Å². The minimum absolute atomic E-state index is 0.323. The minimum atomic E-state index is -0.881. The molecule has 0 spiro atoms. The van der Waals surface area contributed by atoms with Crippen molar-refractivity contribution in [1.82, 2.24) is 5.48 Å². The zero-order chi connectivity index (χ0) is 9.07. The molecule has 0 rings (SSSR count). The molecule has 0 aliphatic carbocycles. The van der Waals surface area contributed by atoms with E-state index in [1.165, 1.54) is 0 Å². The van der Waals surface area contributed by atoms with Crippen LogP contribution in [0.2, 0.25) is 0 Å². The topological polar surface area (TPSA) is 58.6 Å². The average molecular weight is 177 g/mol. The fourth-order valence-corrected chi connectivity index (χ4v) is 0.951. The van der Waals surface area contributed by atoms with Crippen LogP contribution in [-0.2, 0) is 9.32 Å². The first-order valence-corrected chi connectivity index (χ1v) is 4.22. The molecule has 2 N–H and O–H groups in total. The number of carboxylic acid groups (broad SMARTS) is 1. The van der Waals surface area contributed by atoms with Gasteiger partial charge >= 0.3 is 5.97 Å². The number of aliphatic carboxylic acids is 1. The average Bonchev–Trinajstić information content (AvgIpc) is 1.79. The first-order valence-electron chi connectivity index (χ1n) is 3.41. The predicted octanol–water partition coefficient (Wildman–Crippen LogP) is -0.713. The molecule has 0 heterocycles. The van der Waals surface area contributed by atoms with E-state index >= 15 is 0 Å². The smallest absolute Gasteiger partial charge is 0.323 e. The molecule has 0 aliphatic rings. The third kappa shape index (κ3) is 3.50. The van der Waals surface area contributed by atoms with Gasteiger partial charge in [0.05, 0.1) is 0 Å². The van der Waals surface area contributed by atoms with E-state index in [2.05, 4.69) is 5.48 Å². The molecule has 0 saturated carbocycles. The lowest BCUT2D eigenvalue weighted by molar-refractivity contribution is -0.145. The number of hydroxylamine groups is 1. The van der Waals surface area contributed by atoms with Crippen molar-refractivity contribution in [1.29, 1.82) is 0 Å². The Bertz CT molecular complexity index is 143. The van der Waals surface area contributed by atoms with Crippen LogP contribution >= 0.6 is 0 Å². The van der Waals surface area contributed by atoms with Gasteiger partial charge in [-0.2, -0.15) is 0 Å². The highest BCUT2D eigenvalue weighted by atomic mass is 28.2. The maximum atomic E-state index is 10.6. The lowest BCUT2D eigenvalue weighted by atomic mass is 9.87. The van der Waals surface area contributed by atoms with E-state index in [-0.39, 0.29) is 5.41 Å². The Morgan fingerprint density at radius 1 is 1.64 bits per heavy atom. The number of carbonyl (C=O) groups is 1. The lowest BCUT2D eigenvalue weighted by Crippen LogP contribution is -2.46. The first kappa shape index (κ1) is 10.6. The summed E-state index contributed by atoms with van der Waals surface area (Å²) in [7, 11) is 0.492. The Balaban J connectivity index is 4.22. The standard InChI is InChI=1S/C6H15NO3Si/c1-6(2,3)4(5(8)9)7-10-11/h4,7H,1-3,11H3,(H,8,9)/t4-/m1/s1. The molecule has 0 aromatic rings. The van der Waals surface area contributed by atoms with Crippen molar-refractivity contribution in [3.05, 3.63) is 0 Å². The molecular formula is C6H15NO3Si. The molecule has 0 unspecified atom stereocenters. The molecule has 0 saturated heterocycles. The Kier molecular flexibility index (Phi) is 3.71. The Hall–Kier alpha value is -0.393. The zero-order valence-electron chi connectivity index (χ0n) is 7.34. The summed E-state index contributed by atoms with van der Waals surface area (Å²) < 4.78 is 4.70. The second-order valence-corrected chi connectivity index (χ2v) is 3.87. The van der Waals surface area contributed by atoms with Crippen LogP contribution in [0.5, 0.6) is 0 Å². The third-order valence-corrected chi connectivity index (χ3v) is 1.58. The third-order valence-electron chi connectivity index (χ3n) is 1.35. The van der Waals surface area contributed by atoms with Crippen molar-refractivity contribution in [2.24, 2.45) is 5.41 Å². The summed E-state index contributed by atoms with van der Waals surface area (Å²) in [6.07, 6.45) is 0. The van der Waals surface area contributed by atoms with Crippen molar-refractivity contribution in [2.75, 3.05) is 0 Å². The summed E-state index contributed by atoms with van der Waals surface area (Å²) in [4.78, 5) is 10.6. The number of hydrogen-bond acceptors (Lipinski definition) is 3. The van der Waals surface area contributed by atoms with Gasteiger partial charge in [0.25, 0.3) is 0 Å². The van der Waals surface area contributed by atoms with Gasteiger partial charge in [-0.05, 0) is 5.41 Å². The van der Waals surface area contributed by atoms with Crippen LogP contribution in [0.25, 0.3) is 0 Å². The van der Waals surface area contributed by atoms with Gasteiger partial charge in [0.1, 0.15) is 6.04 Å². The Labute approximate surface area is 69.4 Å². The van der Waals surface area contributed by atoms with Gasteiger partial charge in [-0.15, -0.1) is 0 Å². The van der Waals surface area contributed by atoms with Gasteiger partial charge in [-0.1, -0.05) is 20.8 Å². The summed E-state index contributed by atoms with van der Waals surface area (Å²) in [5.74, 6) is -0.881. The molecule has 0 aromatic carbocycles. The monoisotopic (exact) mass is 177 g/mol. The molecule has 4 nitrogen and oxygen atoms in total. The fourth-order valence-electron chi connectivity index (χ4n) is 0.715. The molecule has 0 amide bonds. The normalized spacial score (nSPS) is 14.8. The largest absolute Gasteiger partial charge is 0.480 e. The molecule has 66 valence electrons. The van der Waals surface area contributed by atoms with Gasteiger partial charge in [-0.25, -0.2) is 5.48 Å². The maximum Gasteiger partial charge on any atom is 0.323 e. The number of rotatable bonds is 3. The highest BCUT2D eigenvalue weighted by molar-refractivity contribution is 5.97. The summed E-state index contributed by atoms with van der Waals surface area (Å²) in [6, 6.07) is -0.639. The van der Waals surface area contributed by atoms with Crippen LogP contribution in [0.3, 0.4) is 0 Å². The molecule has 0 fully saturated rings. The molecule has 5 heteroatoms. The highest BCUT2D eigenvalue weighted by Crippen LogP contribution is 2.18. The van der Waals surface area contributed by atoms with Gasteiger partial charge in [0.15, 0.2) is 10.5 Å². The van der Waals surface area contributed by atoms with E-state index in [4.69, 9.17) is 9.63 Å². The predicted molar refractivity (Wildman–Crippen MR) is 45.0 cm³/mol. The van der Waals surface area contributed by atoms with Gasteiger partial charge in [0.2, 0.25) is 0 Å². The second-order valence-electron chi connectivity index (χ2n) is 3.46. The minimum Gasteiger partial charge on any atom is -0.480 e. The van der Waals surface area contributed by atoms with Crippen LogP contribution in [0.15, 0.2) is 0 Å². The first-order chi connectivity index (χ1) is 4.89. The van der Waals surface area contributed by atoms with Crippen molar-refractivity contribution in [3.8, 4) is 0 Å². The molecule has 0 bridgehead atoms. The number of hydrogen-bond donors (Lipinski definition) is 2. The zero-order valence-corrected chi connectivity index (χ0v) is 9.34. The van der Waals surface area contributed by atoms with E-state index in [1.54, 1.807) is 0 Å². The van der Waals surface area contributed by atoms with Crippen LogP contribution < -0.4 is 5.48 Å². The van der Waals surface area contributed by atoms with Crippen LogP contribution in [-0.4, -0.2) is 27.6 Å². The van der Waals surface area contributed by atoms with E-state index in [1.807, 2.05) is 20.8 Å². The second kappa shape index (κ2) is 3.84. The van der Waals surface area contributed by atoms with Gasteiger partial charge in [-0.3, -0.25) is 4.79 Å². The van der Waals surface area contributed by atoms with E-state index < -0.39 is 12.0 Å². The van der Waals surface area contributed by atoms with E-state index in [9.17, 15) is 4.79 Å². The molecule has 11 heavy (non-hydrogen) atoms. The van der Waals surface area contributed by atoms with Gasteiger partial charge in [0, 0.05) is 0 Å². The molecule has 0 aromatic heterocycles. The molecule has 1 atom stereocenters. The van der Waals surface area contributed by atoms with Crippen LogP contribution in [0.1, 0.15) is 20.8 Å². The van der Waals surface area contributed by atoms with E-state index in [0.29, 0.717) is 10.5 Å². The summed E-state index contributed by atoms with van der Waals surface area (Å²) in [6.45, 7) is 5.54. The number of carboxylic acids is 1.